The van der Waals surface area contributed by atoms with E-state index in [1.807, 2.05) is 30.3 Å². The van der Waals surface area contributed by atoms with Crippen molar-refractivity contribution < 1.29 is 14.1 Å². The third-order valence-electron chi connectivity index (χ3n) is 4.18. The van der Waals surface area contributed by atoms with Crippen LogP contribution in [0.4, 0.5) is 15.8 Å². The van der Waals surface area contributed by atoms with Crippen molar-refractivity contribution in [3.05, 3.63) is 106 Å². The van der Waals surface area contributed by atoms with E-state index in [4.69, 9.17) is 0 Å². The molecule has 6 heteroatoms. The zero-order chi connectivity index (χ0) is 19.2. The van der Waals surface area contributed by atoms with Crippen molar-refractivity contribution in [2.75, 3.05) is 5.32 Å². The van der Waals surface area contributed by atoms with Gasteiger partial charge < -0.3 is 5.32 Å². The number of nitrogens with zero attached hydrogens (tertiary/aromatic N) is 1. The first-order chi connectivity index (χ1) is 13.0. The Kier molecular flexibility index (Phi) is 5.56. The third-order valence-corrected chi connectivity index (χ3v) is 4.18. The maximum Gasteiger partial charge on any atom is 0.269 e. The Balaban J connectivity index is 1.81. The number of anilines is 1. The van der Waals surface area contributed by atoms with Crippen LogP contribution in [0.2, 0.25) is 0 Å². The highest BCUT2D eigenvalue weighted by molar-refractivity contribution is 5.96. The summed E-state index contributed by atoms with van der Waals surface area (Å²) in [7, 11) is 0. The molecule has 0 saturated carbocycles. The van der Waals surface area contributed by atoms with Crippen LogP contribution >= 0.6 is 0 Å². The van der Waals surface area contributed by atoms with Crippen LogP contribution in [0.3, 0.4) is 0 Å². The number of benzene rings is 3. The minimum Gasteiger partial charge on any atom is -0.378 e. The fraction of sp³-hybridized carbons (Fsp3) is 0.0952. The number of Topliss-reactive ketones (excluding diaryl/α,β-unsaturated/α-hetero) is 1. The molecule has 0 spiro atoms. The zero-order valence-corrected chi connectivity index (χ0v) is 14.3. The third kappa shape index (κ3) is 4.76. The van der Waals surface area contributed by atoms with Gasteiger partial charge in [-0.25, -0.2) is 4.39 Å². The van der Waals surface area contributed by atoms with Crippen molar-refractivity contribution in [1.82, 2.24) is 0 Å². The number of carbonyl (C=O) groups is 1. The topological polar surface area (TPSA) is 72.2 Å². The quantitative estimate of drug-likeness (QED) is 0.357. The number of hydrogen-bond acceptors (Lipinski definition) is 4. The monoisotopic (exact) mass is 364 g/mol. The highest BCUT2D eigenvalue weighted by Gasteiger charge is 2.18. The van der Waals surface area contributed by atoms with Gasteiger partial charge >= 0.3 is 0 Å². The molecule has 0 aliphatic rings. The molecule has 1 N–H and O–H groups in total. The lowest BCUT2D eigenvalue weighted by molar-refractivity contribution is -0.384. The van der Waals surface area contributed by atoms with Crippen LogP contribution in [0.25, 0.3) is 0 Å². The second-order valence-electron chi connectivity index (χ2n) is 6.05. The summed E-state index contributed by atoms with van der Waals surface area (Å²) in [5, 5.41) is 14.0. The minimum atomic E-state index is -0.503. The van der Waals surface area contributed by atoms with Crippen molar-refractivity contribution in [1.29, 1.82) is 0 Å². The standard InChI is InChI=1S/C21H17FN2O3/c22-17-8-10-18(11-9-17)23-20(15-4-2-1-3-5-15)14-21(25)16-6-12-19(13-7-16)24(26)27/h1-13,20,23H,14H2. The minimum absolute atomic E-state index is 0.0596. The van der Waals surface area contributed by atoms with Crippen LogP contribution in [0.1, 0.15) is 28.4 Å². The van der Waals surface area contributed by atoms with Crippen LogP contribution < -0.4 is 5.32 Å². The van der Waals surface area contributed by atoms with Gasteiger partial charge in [0, 0.05) is 29.8 Å². The molecule has 0 aliphatic heterocycles. The Labute approximate surface area is 155 Å². The molecule has 0 radical (unpaired) electrons. The number of non-ortho nitro benzene ring substituents is 1. The van der Waals surface area contributed by atoms with Gasteiger partial charge in [-0.1, -0.05) is 30.3 Å². The van der Waals surface area contributed by atoms with E-state index in [9.17, 15) is 19.3 Å². The lowest BCUT2D eigenvalue weighted by Gasteiger charge is -2.20. The molecule has 3 rings (SSSR count). The molecule has 5 nitrogen and oxygen atoms in total. The number of nitrogens with one attached hydrogen (secondary N) is 1. The zero-order valence-electron chi connectivity index (χ0n) is 14.3. The smallest absolute Gasteiger partial charge is 0.269 e. The van der Waals surface area contributed by atoms with Gasteiger partial charge in [-0.2, -0.15) is 0 Å². The number of hydrogen-bond donors (Lipinski definition) is 1. The molecule has 136 valence electrons. The summed E-state index contributed by atoms with van der Waals surface area (Å²) in [5.74, 6) is -0.480. The van der Waals surface area contributed by atoms with Gasteiger partial charge in [-0.05, 0) is 42.0 Å². The molecule has 1 unspecified atom stereocenters. The highest BCUT2D eigenvalue weighted by atomic mass is 19.1. The molecule has 0 amide bonds. The number of nitro benzene ring substituents is 1. The Morgan fingerprint density at radius 3 is 2.19 bits per heavy atom. The summed E-state index contributed by atoms with van der Waals surface area (Å²) < 4.78 is 13.1. The summed E-state index contributed by atoms with van der Waals surface area (Å²) in [6.45, 7) is 0. The van der Waals surface area contributed by atoms with Gasteiger partial charge in [0.05, 0.1) is 11.0 Å². The van der Waals surface area contributed by atoms with E-state index in [2.05, 4.69) is 5.32 Å². The summed E-state index contributed by atoms with van der Waals surface area (Å²) in [6, 6.07) is 20.6. The summed E-state index contributed by atoms with van der Waals surface area (Å²) in [6.07, 6.45) is 0.152. The SMILES string of the molecule is O=C(CC(Nc1ccc(F)cc1)c1ccccc1)c1ccc([N+](=O)[O-])cc1. The van der Waals surface area contributed by atoms with Crippen molar-refractivity contribution in [2.24, 2.45) is 0 Å². The number of nitro groups is 1. The lowest BCUT2D eigenvalue weighted by atomic mass is 9.97. The number of halogens is 1. The Morgan fingerprint density at radius 1 is 0.963 bits per heavy atom. The normalized spacial score (nSPS) is 11.6. The Hall–Kier alpha value is -3.54. The maximum absolute atomic E-state index is 13.1. The fourth-order valence-electron chi connectivity index (χ4n) is 2.76. The van der Waals surface area contributed by atoms with Gasteiger partial charge in [0.2, 0.25) is 0 Å². The van der Waals surface area contributed by atoms with Gasteiger partial charge in [0.1, 0.15) is 5.82 Å². The number of rotatable bonds is 7. The second-order valence-corrected chi connectivity index (χ2v) is 6.05. The van der Waals surface area contributed by atoms with Crippen molar-refractivity contribution in [3.8, 4) is 0 Å². The van der Waals surface area contributed by atoms with Crippen LogP contribution in [0.5, 0.6) is 0 Å². The summed E-state index contributed by atoms with van der Waals surface area (Å²) in [5.41, 5.74) is 1.96. The summed E-state index contributed by atoms with van der Waals surface area (Å²) in [4.78, 5) is 22.9. The molecule has 0 fully saturated rings. The van der Waals surface area contributed by atoms with E-state index < -0.39 is 4.92 Å². The Morgan fingerprint density at radius 2 is 1.59 bits per heavy atom. The molecular formula is C21H17FN2O3. The lowest BCUT2D eigenvalue weighted by Crippen LogP contribution is -2.16. The van der Waals surface area contributed by atoms with E-state index in [1.54, 1.807) is 12.1 Å². The first kappa shape index (κ1) is 18.3. The van der Waals surface area contributed by atoms with Crippen molar-refractivity contribution in [3.63, 3.8) is 0 Å². The van der Waals surface area contributed by atoms with Crippen molar-refractivity contribution >= 4 is 17.2 Å². The van der Waals surface area contributed by atoms with Crippen LogP contribution in [0, 0.1) is 15.9 Å². The van der Waals surface area contributed by atoms with E-state index in [0.717, 1.165) is 5.56 Å². The van der Waals surface area contributed by atoms with Gasteiger partial charge in [0.25, 0.3) is 5.69 Å². The first-order valence-electron chi connectivity index (χ1n) is 8.37. The van der Waals surface area contributed by atoms with Gasteiger partial charge in [-0.3, -0.25) is 14.9 Å². The maximum atomic E-state index is 13.1. The average molecular weight is 364 g/mol. The van der Waals surface area contributed by atoms with Gasteiger partial charge in [-0.15, -0.1) is 0 Å². The predicted octanol–water partition coefficient (Wildman–Crippen LogP) is 5.16. The van der Waals surface area contributed by atoms with E-state index in [-0.39, 0.29) is 29.8 Å². The first-order valence-corrected chi connectivity index (χ1v) is 8.37. The molecular weight excluding hydrogens is 347 g/mol. The van der Waals surface area contributed by atoms with E-state index in [0.29, 0.717) is 11.3 Å². The largest absolute Gasteiger partial charge is 0.378 e. The van der Waals surface area contributed by atoms with E-state index >= 15 is 0 Å². The molecule has 1 atom stereocenters. The number of ketones is 1. The van der Waals surface area contributed by atoms with Crippen LogP contribution in [-0.2, 0) is 0 Å². The van der Waals surface area contributed by atoms with E-state index in [1.165, 1.54) is 36.4 Å². The van der Waals surface area contributed by atoms with Crippen LogP contribution in [-0.4, -0.2) is 10.7 Å². The second kappa shape index (κ2) is 8.23. The molecule has 0 saturated heterocycles. The molecule has 27 heavy (non-hydrogen) atoms. The van der Waals surface area contributed by atoms with Crippen LogP contribution in [0.15, 0.2) is 78.9 Å². The Bertz CT molecular complexity index is 926. The molecule has 0 aliphatic carbocycles. The predicted molar refractivity (Wildman–Crippen MR) is 101 cm³/mol. The molecule has 0 heterocycles. The number of carbonyl (C=O) groups excluding carboxylic acids is 1. The highest BCUT2D eigenvalue weighted by Crippen LogP contribution is 2.25. The fourth-order valence-corrected chi connectivity index (χ4v) is 2.76. The molecule has 3 aromatic carbocycles. The molecule has 3 aromatic rings. The average Bonchev–Trinajstić information content (AvgIpc) is 2.70. The van der Waals surface area contributed by atoms with Crippen molar-refractivity contribution in [2.45, 2.75) is 12.5 Å². The summed E-state index contributed by atoms with van der Waals surface area (Å²) >= 11 is 0. The molecule has 0 bridgehead atoms. The van der Waals surface area contributed by atoms with Gasteiger partial charge in [0.15, 0.2) is 5.78 Å². The molecule has 0 aromatic heterocycles.